The Balaban J connectivity index is 0.00000211. The number of unbranched alkanes of at least 4 members (excludes halogenated alkanes) is 1. The quantitative estimate of drug-likeness (QED) is 0.618. The molecule has 0 saturated carbocycles. The van der Waals surface area contributed by atoms with Crippen LogP contribution in [0.3, 0.4) is 0 Å². The van der Waals surface area contributed by atoms with Crippen LogP contribution in [0.25, 0.3) is 0 Å². The molecule has 1 aliphatic heterocycles. The van der Waals surface area contributed by atoms with Crippen molar-refractivity contribution in [3.63, 3.8) is 0 Å². The van der Waals surface area contributed by atoms with Gasteiger partial charge in [-0.15, -0.1) is 0 Å². The molecule has 1 saturated heterocycles. The Morgan fingerprint density at radius 2 is 1.68 bits per heavy atom. The zero-order valence-electron chi connectivity index (χ0n) is 13.9. The van der Waals surface area contributed by atoms with Crippen LogP contribution in [0.5, 0.6) is 0 Å². The van der Waals surface area contributed by atoms with Gasteiger partial charge in [0.1, 0.15) is 0 Å². The van der Waals surface area contributed by atoms with Crippen molar-refractivity contribution in [2.75, 3.05) is 38.9 Å². The second-order valence-electron chi connectivity index (χ2n) is 5.26. The molecule has 0 aliphatic carbocycles. The van der Waals surface area contributed by atoms with Gasteiger partial charge in [0.15, 0.2) is 12.5 Å². The number of hydrogen-bond acceptors (Lipinski definition) is 7. The van der Waals surface area contributed by atoms with E-state index in [1.807, 2.05) is 13.8 Å². The maximum atomic E-state index is 12.2. The molecule has 0 amide bonds. The normalized spacial score (nSPS) is 18.0. The van der Waals surface area contributed by atoms with Crippen LogP contribution in [0.1, 0.15) is 46.5 Å². The van der Waals surface area contributed by atoms with Crippen molar-refractivity contribution in [1.82, 2.24) is 14.3 Å². The van der Waals surface area contributed by atoms with Gasteiger partial charge in [0.05, 0.1) is 32.4 Å². The second-order valence-corrected chi connectivity index (χ2v) is 7.34. The van der Waals surface area contributed by atoms with Crippen molar-refractivity contribution in [3.8, 4) is 0 Å². The zero-order chi connectivity index (χ0) is 17.0. The maximum Gasteiger partial charge on any atom is 0.216 e. The number of sulfonamides is 1. The van der Waals surface area contributed by atoms with E-state index in [1.165, 1.54) is 4.31 Å². The van der Waals surface area contributed by atoms with Crippen LogP contribution < -0.4 is 0 Å². The summed E-state index contributed by atoms with van der Waals surface area (Å²) in [4.78, 5) is 7.77. The molecule has 0 aromatic rings. The number of rotatable bonds is 9. The molecular formula is C13H29N3O4S2. The molecule has 132 valence electrons. The standard InChI is InChI=1S/C13H29N3O3S.OS/c1-4-7-8-14-11-15(19-9-5-2)13-16(12-14)20(17,18)10-6-3;1-2/h4-13H2,1-3H3;. The Hall–Kier alpha value is -0.190. The first kappa shape index (κ1) is 21.8. The summed E-state index contributed by atoms with van der Waals surface area (Å²) in [6.07, 6.45) is 3.74. The maximum absolute atomic E-state index is 12.2. The van der Waals surface area contributed by atoms with Crippen LogP contribution in [0, 0.1) is 0 Å². The molecule has 1 fully saturated rings. The lowest BCUT2D eigenvalue weighted by atomic mass is 10.3. The molecule has 9 heteroatoms. The molecule has 1 rings (SSSR count). The van der Waals surface area contributed by atoms with Crippen molar-refractivity contribution in [1.29, 1.82) is 0 Å². The van der Waals surface area contributed by atoms with E-state index in [1.54, 1.807) is 5.06 Å². The third-order valence-electron chi connectivity index (χ3n) is 3.19. The van der Waals surface area contributed by atoms with Crippen molar-refractivity contribution >= 4 is 22.6 Å². The molecule has 1 heterocycles. The summed E-state index contributed by atoms with van der Waals surface area (Å²) in [6.45, 7) is 9.11. The van der Waals surface area contributed by atoms with Gasteiger partial charge in [-0.05, 0) is 19.3 Å². The zero-order valence-corrected chi connectivity index (χ0v) is 15.5. The number of hydrogen-bond donors (Lipinski definition) is 0. The molecule has 0 aromatic heterocycles. The Bertz CT molecular complexity index is 365. The largest absolute Gasteiger partial charge is 0.296 e. The molecule has 0 N–H and O–H groups in total. The molecule has 7 nitrogen and oxygen atoms in total. The fraction of sp³-hybridized carbons (Fsp3) is 1.00. The van der Waals surface area contributed by atoms with Crippen LogP contribution >= 0.6 is 0 Å². The monoisotopic (exact) mass is 355 g/mol. The van der Waals surface area contributed by atoms with Crippen LogP contribution in [0.15, 0.2) is 0 Å². The first-order chi connectivity index (χ1) is 10.5. The van der Waals surface area contributed by atoms with Gasteiger partial charge in [-0.1, -0.05) is 27.2 Å². The molecule has 0 bridgehead atoms. The molecule has 1 aliphatic rings. The van der Waals surface area contributed by atoms with Gasteiger partial charge < -0.3 is 0 Å². The molecule has 0 spiro atoms. The van der Waals surface area contributed by atoms with Crippen molar-refractivity contribution in [3.05, 3.63) is 0 Å². The predicted octanol–water partition coefficient (Wildman–Crippen LogP) is 1.32. The summed E-state index contributed by atoms with van der Waals surface area (Å²) in [7, 11) is -3.18. The summed E-state index contributed by atoms with van der Waals surface area (Å²) in [5.74, 6) is 0.205. The minimum Gasteiger partial charge on any atom is -0.296 e. The van der Waals surface area contributed by atoms with Gasteiger partial charge in [0, 0.05) is 6.54 Å². The van der Waals surface area contributed by atoms with Gasteiger partial charge in [0.25, 0.3) is 0 Å². The van der Waals surface area contributed by atoms with E-state index in [9.17, 15) is 8.42 Å². The molecule has 22 heavy (non-hydrogen) atoms. The lowest BCUT2D eigenvalue weighted by molar-refractivity contribution is -0.221. The summed E-state index contributed by atoms with van der Waals surface area (Å²) >= 11 is 2.83. The molecule has 0 atom stereocenters. The van der Waals surface area contributed by atoms with E-state index in [4.69, 9.17) is 9.05 Å². The highest BCUT2D eigenvalue weighted by Crippen LogP contribution is 2.14. The van der Waals surface area contributed by atoms with E-state index in [0.29, 0.717) is 33.0 Å². The van der Waals surface area contributed by atoms with Gasteiger partial charge in [-0.2, -0.15) is 13.6 Å². The highest BCUT2D eigenvalue weighted by molar-refractivity contribution is 7.89. The fourth-order valence-electron chi connectivity index (χ4n) is 2.14. The SMILES string of the molecule is CCCCN1CN(OCCC)CN(S(=O)(=O)CCC)C1.O=S. The lowest BCUT2D eigenvalue weighted by Gasteiger charge is -2.40. The topological polar surface area (TPSA) is 70.2 Å². The molecule has 0 unspecified atom stereocenters. The Morgan fingerprint density at radius 3 is 2.23 bits per heavy atom. The van der Waals surface area contributed by atoms with E-state index in [0.717, 1.165) is 25.8 Å². The van der Waals surface area contributed by atoms with Gasteiger partial charge in [0.2, 0.25) is 10.0 Å². The average molecular weight is 356 g/mol. The summed E-state index contributed by atoms with van der Waals surface area (Å²) in [6, 6.07) is 0. The first-order valence-electron chi connectivity index (χ1n) is 7.78. The predicted molar refractivity (Wildman–Crippen MR) is 88.4 cm³/mol. The van der Waals surface area contributed by atoms with E-state index >= 15 is 0 Å². The fourth-order valence-corrected chi connectivity index (χ4v) is 3.56. The van der Waals surface area contributed by atoms with Crippen LogP contribution in [0.2, 0.25) is 0 Å². The van der Waals surface area contributed by atoms with Gasteiger partial charge in [-0.25, -0.2) is 8.42 Å². The van der Waals surface area contributed by atoms with Crippen LogP contribution in [0.4, 0.5) is 0 Å². The average Bonchev–Trinajstić information content (AvgIpc) is 2.52. The summed E-state index contributed by atoms with van der Waals surface area (Å²) < 4.78 is 33.8. The number of hydroxylamine groups is 2. The molecule has 0 aromatic carbocycles. The lowest BCUT2D eigenvalue weighted by Crippen LogP contribution is -2.56. The second kappa shape index (κ2) is 12.3. The Labute approximate surface area is 140 Å². The van der Waals surface area contributed by atoms with E-state index in [2.05, 4.69) is 24.4 Å². The molecular weight excluding hydrogens is 326 g/mol. The van der Waals surface area contributed by atoms with E-state index in [-0.39, 0.29) is 5.75 Å². The van der Waals surface area contributed by atoms with E-state index < -0.39 is 10.0 Å². The molecule has 0 radical (unpaired) electrons. The highest BCUT2D eigenvalue weighted by Gasteiger charge is 2.31. The van der Waals surface area contributed by atoms with Crippen molar-refractivity contribution in [2.24, 2.45) is 0 Å². The van der Waals surface area contributed by atoms with Crippen molar-refractivity contribution < 1.29 is 17.5 Å². The van der Waals surface area contributed by atoms with Crippen molar-refractivity contribution in [2.45, 2.75) is 46.5 Å². The van der Waals surface area contributed by atoms with Gasteiger partial charge >= 0.3 is 0 Å². The highest BCUT2D eigenvalue weighted by atomic mass is 32.2. The summed E-state index contributed by atoms with van der Waals surface area (Å²) in [5, 5.41) is 1.76. The minimum atomic E-state index is -3.18. The van der Waals surface area contributed by atoms with Crippen LogP contribution in [-0.2, 0) is 27.4 Å². The minimum absolute atomic E-state index is 0.205. The third kappa shape index (κ3) is 7.89. The Kier molecular flexibility index (Phi) is 12.2. The smallest absolute Gasteiger partial charge is 0.216 e. The third-order valence-corrected chi connectivity index (χ3v) is 5.13. The van der Waals surface area contributed by atoms with Crippen LogP contribution in [-0.4, -0.2) is 65.8 Å². The first-order valence-corrected chi connectivity index (χ1v) is 9.72. The van der Waals surface area contributed by atoms with Gasteiger partial charge in [-0.3, -0.25) is 9.74 Å². The Morgan fingerprint density at radius 1 is 1.00 bits per heavy atom. The summed E-state index contributed by atoms with van der Waals surface area (Å²) in [5.41, 5.74) is 0. The number of nitrogens with zero attached hydrogens (tertiary/aromatic N) is 3.